The van der Waals surface area contributed by atoms with Gasteiger partial charge < -0.3 is 10.1 Å². The number of nitrogens with one attached hydrogen (secondary N) is 1. The fourth-order valence-corrected chi connectivity index (χ4v) is 1.79. The van der Waals surface area contributed by atoms with Crippen molar-refractivity contribution in [2.75, 3.05) is 13.2 Å². The zero-order valence-electron chi connectivity index (χ0n) is 9.21. The molecule has 1 N–H and O–H groups in total. The maximum atomic E-state index is 13.3. The van der Waals surface area contributed by atoms with E-state index in [4.69, 9.17) is 4.74 Å². The van der Waals surface area contributed by atoms with Crippen molar-refractivity contribution < 1.29 is 18.3 Å². The molecule has 1 heterocycles. The van der Waals surface area contributed by atoms with Crippen LogP contribution in [0.15, 0.2) is 18.2 Å². The second-order valence-electron chi connectivity index (χ2n) is 3.95. The Morgan fingerprint density at radius 3 is 3.00 bits per heavy atom. The van der Waals surface area contributed by atoms with Crippen LogP contribution in [-0.2, 0) is 4.74 Å². The predicted molar refractivity (Wildman–Crippen MR) is 57.7 cm³/mol. The Labute approximate surface area is 97.8 Å². The molecular weight excluding hydrogens is 228 g/mol. The Morgan fingerprint density at radius 2 is 2.29 bits per heavy atom. The smallest absolute Gasteiger partial charge is 0.254 e. The summed E-state index contributed by atoms with van der Waals surface area (Å²) in [6, 6.07) is 3.54. The van der Waals surface area contributed by atoms with Crippen molar-refractivity contribution in [3.8, 4) is 0 Å². The number of rotatable bonds is 3. The Kier molecular flexibility index (Phi) is 3.68. The van der Waals surface area contributed by atoms with E-state index in [0.717, 1.165) is 18.9 Å². The van der Waals surface area contributed by atoms with E-state index in [2.05, 4.69) is 5.32 Å². The van der Waals surface area contributed by atoms with Crippen LogP contribution in [0.3, 0.4) is 0 Å². The van der Waals surface area contributed by atoms with Gasteiger partial charge in [-0.3, -0.25) is 4.79 Å². The average molecular weight is 241 g/mol. The van der Waals surface area contributed by atoms with Crippen LogP contribution in [0.5, 0.6) is 0 Å². The number of ether oxygens (including phenoxy) is 1. The molecule has 1 saturated heterocycles. The fourth-order valence-electron chi connectivity index (χ4n) is 1.79. The van der Waals surface area contributed by atoms with Crippen LogP contribution in [0.25, 0.3) is 0 Å². The molecule has 1 amide bonds. The summed E-state index contributed by atoms with van der Waals surface area (Å²) in [5.74, 6) is -2.75. The van der Waals surface area contributed by atoms with Crippen LogP contribution in [-0.4, -0.2) is 25.2 Å². The van der Waals surface area contributed by atoms with Gasteiger partial charge in [0.2, 0.25) is 0 Å². The van der Waals surface area contributed by atoms with E-state index in [0.29, 0.717) is 13.2 Å². The lowest BCUT2D eigenvalue weighted by molar-refractivity contribution is 0.0853. The molecule has 0 aliphatic carbocycles. The summed E-state index contributed by atoms with van der Waals surface area (Å²) < 4.78 is 31.5. The molecule has 1 aromatic carbocycles. The number of carbonyl (C=O) groups is 1. The summed E-state index contributed by atoms with van der Waals surface area (Å²) in [4.78, 5) is 11.6. The van der Waals surface area contributed by atoms with Crippen LogP contribution in [0.1, 0.15) is 23.2 Å². The number of halogens is 2. The Balaban J connectivity index is 1.97. The van der Waals surface area contributed by atoms with Gasteiger partial charge in [0.25, 0.3) is 5.91 Å². The summed E-state index contributed by atoms with van der Waals surface area (Å²) in [7, 11) is 0. The molecular formula is C12H13F2NO2. The SMILES string of the molecule is O=C(NC[C@@H]1CCCO1)c1cccc(F)c1F. The van der Waals surface area contributed by atoms with Crippen molar-refractivity contribution in [2.24, 2.45) is 0 Å². The van der Waals surface area contributed by atoms with E-state index in [1.54, 1.807) is 0 Å². The minimum atomic E-state index is -1.11. The number of benzene rings is 1. The van der Waals surface area contributed by atoms with Gasteiger partial charge in [-0.1, -0.05) is 6.07 Å². The Hall–Kier alpha value is -1.49. The maximum Gasteiger partial charge on any atom is 0.254 e. The largest absolute Gasteiger partial charge is 0.376 e. The predicted octanol–water partition coefficient (Wildman–Crippen LogP) is 1.87. The average Bonchev–Trinajstić information content (AvgIpc) is 2.82. The van der Waals surface area contributed by atoms with Gasteiger partial charge in [0.15, 0.2) is 11.6 Å². The van der Waals surface area contributed by atoms with Crippen LogP contribution in [0.2, 0.25) is 0 Å². The maximum absolute atomic E-state index is 13.3. The monoisotopic (exact) mass is 241 g/mol. The molecule has 0 bridgehead atoms. The van der Waals surface area contributed by atoms with Gasteiger partial charge in [-0.15, -0.1) is 0 Å². The van der Waals surface area contributed by atoms with Gasteiger partial charge in [0, 0.05) is 13.2 Å². The quantitative estimate of drug-likeness (QED) is 0.877. The third-order valence-electron chi connectivity index (χ3n) is 2.71. The number of hydrogen-bond acceptors (Lipinski definition) is 2. The summed E-state index contributed by atoms with van der Waals surface area (Å²) in [6.45, 7) is 1.02. The summed E-state index contributed by atoms with van der Waals surface area (Å²) in [5, 5.41) is 2.54. The molecule has 0 radical (unpaired) electrons. The molecule has 2 rings (SSSR count). The van der Waals surface area contributed by atoms with Crippen LogP contribution >= 0.6 is 0 Å². The summed E-state index contributed by atoms with van der Waals surface area (Å²) >= 11 is 0. The zero-order valence-corrected chi connectivity index (χ0v) is 9.21. The fraction of sp³-hybridized carbons (Fsp3) is 0.417. The van der Waals surface area contributed by atoms with E-state index in [-0.39, 0.29) is 11.7 Å². The highest BCUT2D eigenvalue weighted by molar-refractivity contribution is 5.94. The van der Waals surface area contributed by atoms with Gasteiger partial charge in [-0.25, -0.2) is 8.78 Å². The van der Waals surface area contributed by atoms with E-state index in [1.165, 1.54) is 12.1 Å². The van der Waals surface area contributed by atoms with Gasteiger partial charge >= 0.3 is 0 Å². The van der Waals surface area contributed by atoms with Crippen molar-refractivity contribution in [2.45, 2.75) is 18.9 Å². The zero-order chi connectivity index (χ0) is 12.3. The molecule has 3 nitrogen and oxygen atoms in total. The van der Waals surface area contributed by atoms with E-state index < -0.39 is 17.5 Å². The van der Waals surface area contributed by atoms with E-state index >= 15 is 0 Å². The summed E-state index contributed by atoms with van der Waals surface area (Å²) in [5.41, 5.74) is -0.275. The number of amides is 1. The third kappa shape index (κ3) is 2.79. The normalized spacial score (nSPS) is 19.3. The van der Waals surface area contributed by atoms with Crippen molar-refractivity contribution >= 4 is 5.91 Å². The third-order valence-corrected chi connectivity index (χ3v) is 2.71. The van der Waals surface area contributed by atoms with Crippen molar-refractivity contribution in [3.05, 3.63) is 35.4 Å². The van der Waals surface area contributed by atoms with E-state index in [9.17, 15) is 13.6 Å². The first-order valence-electron chi connectivity index (χ1n) is 5.52. The first-order chi connectivity index (χ1) is 8.18. The number of carbonyl (C=O) groups excluding carboxylic acids is 1. The van der Waals surface area contributed by atoms with Gasteiger partial charge in [0.05, 0.1) is 11.7 Å². The molecule has 1 fully saturated rings. The lowest BCUT2D eigenvalue weighted by Crippen LogP contribution is -2.32. The van der Waals surface area contributed by atoms with Crippen molar-refractivity contribution in [3.63, 3.8) is 0 Å². The molecule has 1 aliphatic heterocycles. The van der Waals surface area contributed by atoms with Crippen LogP contribution in [0.4, 0.5) is 8.78 Å². The molecule has 17 heavy (non-hydrogen) atoms. The highest BCUT2D eigenvalue weighted by atomic mass is 19.2. The molecule has 92 valence electrons. The first kappa shape index (κ1) is 12.0. The molecule has 0 unspecified atom stereocenters. The van der Waals surface area contributed by atoms with Crippen LogP contribution in [0, 0.1) is 11.6 Å². The number of hydrogen-bond donors (Lipinski definition) is 1. The molecule has 5 heteroatoms. The molecule has 0 saturated carbocycles. The molecule has 0 aromatic heterocycles. The highest BCUT2D eigenvalue weighted by Gasteiger charge is 2.19. The van der Waals surface area contributed by atoms with Gasteiger partial charge in [0.1, 0.15) is 0 Å². The molecule has 1 aliphatic rings. The second kappa shape index (κ2) is 5.23. The van der Waals surface area contributed by atoms with Crippen molar-refractivity contribution in [1.29, 1.82) is 0 Å². The van der Waals surface area contributed by atoms with Crippen molar-refractivity contribution in [1.82, 2.24) is 5.32 Å². The highest BCUT2D eigenvalue weighted by Crippen LogP contribution is 2.13. The topological polar surface area (TPSA) is 38.3 Å². The Morgan fingerprint density at radius 1 is 1.47 bits per heavy atom. The molecule has 0 spiro atoms. The second-order valence-corrected chi connectivity index (χ2v) is 3.95. The standard InChI is InChI=1S/C12H13F2NO2/c13-10-5-1-4-9(11(10)14)12(16)15-7-8-3-2-6-17-8/h1,4-5,8H,2-3,6-7H2,(H,15,16)/t8-/m0/s1. The minimum absolute atomic E-state index is 0.0180. The van der Waals surface area contributed by atoms with E-state index in [1.807, 2.05) is 0 Å². The molecule has 1 aromatic rings. The minimum Gasteiger partial charge on any atom is -0.376 e. The lowest BCUT2D eigenvalue weighted by Gasteiger charge is -2.11. The summed E-state index contributed by atoms with van der Waals surface area (Å²) in [6.07, 6.45) is 1.83. The van der Waals surface area contributed by atoms with Gasteiger partial charge in [-0.2, -0.15) is 0 Å². The lowest BCUT2D eigenvalue weighted by atomic mass is 10.2. The molecule has 1 atom stereocenters. The van der Waals surface area contributed by atoms with Gasteiger partial charge in [-0.05, 0) is 25.0 Å². The Bertz CT molecular complexity index is 417. The first-order valence-corrected chi connectivity index (χ1v) is 5.52. The van der Waals surface area contributed by atoms with Crippen LogP contribution < -0.4 is 5.32 Å².